The first-order valence-corrected chi connectivity index (χ1v) is 17.2. The molecule has 0 aliphatic heterocycles. The van der Waals surface area contributed by atoms with E-state index in [0.717, 1.165) is 49.6 Å². The summed E-state index contributed by atoms with van der Waals surface area (Å²) in [7, 11) is 0. The minimum absolute atomic E-state index is 0.581. The summed E-state index contributed by atoms with van der Waals surface area (Å²) >= 11 is 0. The molecule has 8 aromatic carbocycles. The number of nitrogens with zero attached hydrogens (tertiary/aromatic N) is 4. The van der Waals surface area contributed by atoms with Crippen LogP contribution in [0.1, 0.15) is 0 Å². The average Bonchev–Trinajstić information content (AvgIpc) is 3.51. The molecule has 0 aliphatic rings. The van der Waals surface area contributed by atoms with Gasteiger partial charge in [-0.1, -0.05) is 152 Å². The Labute approximate surface area is 295 Å². The van der Waals surface area contributed by atoms with Crippen molar-refractivity contribution in [3.8, 4) is 51.0 Å². The van der Waals surface area contributed by atoms with E-state index in [2.05, 4.69) is 174 Å². The van der Waals surface area contributed by atoms with Crippen molar-refractivity contribution in [2.45, 2.75) is 0 Å². The van der Waals surface area contributed by atoms with Crippen LogP contribution in [0.5, 0.6) is 0 Å². The molecule has 238 valence electrons. The van der Waals surface area contributed by atoms with Gasteiger partial charge in [0.25, 0.3) is 0 Å². The second-order valence-corrected chi connectivity index (χ2v) is 12.9. The van der Waals surface area contributed by atoms with Gasteiger partial charge in [0.1, 0.15) is 0 Å². The third-order valence-electron chi connectivity index (χ3n) is 9.80. The SMILES string of the molecule is c1ccc(-c2ccc(-c3nc(-c4cccc(-c5ccccc5)c4)nc(-n4c5cc6ccccc6cc5c5cc6ccccc6cc54)n3)cc2)cc1. The van der Waals surface area contributed by atoms with Crippen molar-refractivity contribution in [2.24, 2.45) is 0 Å². The lowest BCUT2D eigenvalue weighted by Crippen LogP contribution is -2.06. The highest BCUT2D eigenvalue weighted by Gasteiger charge is 2.19. The molecular formula is C47H30N4. The minimum Gasteiger partial charge on any atom is -0.278 e. The van der Waals surface area contributed by atoms with Crippen LogP contribution in [0, 0.1) is 0 Å². The van der Waals surface area contributed by atoms with E-state index in [0.29, 0.717) is 17.6 Å². The Morgan fingerprint density at radius 2 is 0.706 bits per heavy atom. The smallest absolute Gasteiger partial charge is 0.238 e. The van der Waals surface area contributed by atoms with E-state index in [1.165, 1.54) is 27.1 Å². The Kier molecular flexibility index (Phi) is 6.78. The van der Waals surface area contributed by atoms with Gasteiger partial charge < -0.3 is 0 Å². The number of hydrogen-bond donors (Lipinski definition) is 0. The van der Waals surface area contributed by atoms with Gasteiger partial charge in [0.2, 0.25) is 5.95 Å². The van der Waals surface area contributed by atoms with Crippen LogP contribution in [0.2, 0.25) is 0 Å². The fourth-order valence-corrected chi connectivity index (χ4v) is 7.24. The van der Waals surface area contributed by atoms with Crippen molar-refractivity contribution in [1.29, 1.82) is 0 Å². The number of rotatable bonds is 5. The fraction of sp³-hybridized carbons (Fsp3) is 0. The van der Waals surface area contributed by atoms with Gasteiger partial charge in [0.15, 0.2) is 11.6 Å². The highest BCUT2D eigenvalue weighted by Crippen LogP contribution is 2.37. The van der Waals surface area contributed by atoms with E-state index in [9.17, 15) is 0 Å². The highest BCUT2D eigenvalue weighted by atomic mass is 15.2. The molecule has 2 aromatic heterocycles. The molecule has 0 unspecified atom stereocenters. The van der Waals surface area contributed by atoms with Crippen LogP contribution >= 0.6 is 0 Å². The Bertz CT molecular complexity index is 2800. The monoisotopic (exact) mass is 650 g/mol. The predicted molar refractivity (Wildman–Crippen MR) is 211 cm³/mol. The zero-order valence-corrected chi connectivity index (χ0v) is 27.6. The van der Waals surface area contributed by atoms with Crippen LogP contribution in [0.4, 0.5) is 0 Å². The molecule has 0 bridgehead atoms. The molecule has 4 heteroatoms. The van der Waals surface area contributed by atoms with Crippen LogP contribution in [-0.2, 0) is 0 Å². The lowest BCUT2D eigenvalue weighted by molar-refractivity contribution is 0.954. The van der Waals surface area contributed by atoms with E-state index in [-0.39, 0.29) is 0 Å². The van der Waals surface area contributed by atoms with Crippen LogP contribution in [0.3, 0.4) is 0 Å². The Morgan fingerprint density at radius 3 is 1.27 bits per heavy atom. The van der Waals surface area contributed by atoms with Gasteiger partial charge in [0, 0.05) is 21.9 Å². The maximum absolute atomic E-state index is 5.27. The predicted octanol–water partition coefficient (Wildman–Crippen LogP) is 11.9. The summed E-state index contributed by atoms with van der Waals surface area (Å²) in [6, 6.07) is 64.0. The topological polar surface area (TPSA) is 43.6 Å². The summed E-state index contributed by atoms with van der Waals surface area (Å²) in [4.78, 5) is 15.7. The number of hydrogen-bond acceptors (Lipinski definition) is 3. The summed E-state index contributed by atoms with van der Waals surface area (Å²) in [5, 5.41) is 7.06. The average molecular weight is 651 g/mol. The lowest BCUT2D eigenvalue weighted by Gasteiger charge is -2.12. The maximum Gasteiger partial charge on any atom is 0.238 e. The molecular weight excluding hydrogens is 621 g/mol. The molecule has 10 aromatic rings. The van der Waals surface area contributed by atoms with Gasteiger partial charge in [-0.05, 0) is 74.1 Å². The normalized spacial score (nSPS) is 11.5. The molecule has 0 radical (unpaired) electrons. The molecule has 0 N–H and O–H groups in total. The van der Waals surface area contributed by atoms with Crippen molar-refractivity contribution in [2.75, 3.05) is 0 Å². The third-order valence-corrected chi connectivity index (χ3v) is 9.80. The van der Waals surface area contributed by atoms with Crippen molar-refractivity contribution < 1.29 is 0 Å². The van der Waals surface area contributed by atoms with Gasteiger partial charge in [0.05, 0.1) is 11.0 Å². The van der Waals surface area contributed by atoms with E-state index >= 15 is 0 Å². The zero-order chi connectivity index (χ0) is 33.7. The van der Waals surface area contributed by atoms with Crippen molar-refractivity contribution in [3.05, 3.63) is 182 Å². The largest absolute Gasteiger partial charge is 0.278 e. The zero-order valence-electron chi connectivity index (χ0n) is 27.6. The maximum atomic E-state index is 5.27. The van der Waals surface area contributed by atoms with Crippen molar-refractivity contribution in [1.82, 2.24) is 19.5 Å². The third kappa shape index (κ3) is 5.13. The van der Waals surface area contributed by atoms with Crippen LogP contribution in [0.15, 0.2) is 182 Å². The Morgan fingerprint density at radius 1 is 0.294 bits per heavy atom. The van der Waals surface area contributed by atoms with Gasteiger partial charge in [-0.25, -0.2) is 4.98 Å². The molecule has 0 aliphatic carbocycles. The van der Waals surface area contributed by atoms with Gasteiger partial charge >= 0.3 is 0 Å². The summed E-state index contributed by atoms with van der Waals surface area (Å²) < 4.78 is 2.22. The van der Waals surface area contributed by atoms with E-state index in [1.807, 2.05) is 12.1 Å². The molecule has 0 saturated heterocycles. The van der Waals surface area contributed by atoms with Crippen LogP contribution in [0.25, 0.3) is 94.3 Å². The molecule has 4 nitrogen and oxygen atoms in total. The first-order chi connectivity index (χ1) is 25.2. The number of fused-ring (bicyclic) bond motifs is 5. The molecule has 0 amide bonds. The molecule has 0 fully saturated rings. The second kappa shape index (κ2) is 11.9. The highest BCUT2D eigenvalue weighted by molar-refractivity contribution is 6.16. The van der Waals surface area contributed by atoms with Crippen molar-refractivity contribution >= 4 is 43.4 Å². The van der Waals surface area contributed by atoms with E-state index < -0.39 is 0 Å². The first-order valence-electron chi connectivity index (χ1n) is 17.2. The fourth-order valence-electron chi connectivity index (χ4n) is 7.24. The lowest BCUT2D eigenvalue weighted by atomic mass is 10.0. The summed E-state index contributed by atoms with van der Waals surface area (Å²) in [6.07, 6.45) is 0. The van der Waals surface area contributed by atoms with Crippen molar-refractivity contribution in [3.63, 3.8) is 0 Å². The summed E-state index contributed by atoms with van der Waals surface area (Å²) in [5.74, 6) is 1.82. The molecule has 51 heavy (non-hydrogen) atoms. The van der Waals surface area contributed by atoms with Crippen LogP contribution < -0.4 is 0 Å². The minimum atomic E-state index is 0.581. The molecule has 0 atom stereocenters. The number of aromatic nitrogens is 4. The summed E-state index contributed by atoms with van der Waals surface area (Å²) in [6.45, 7) is 0. The Hall–Kier alpha value is -6.91. The first kappa shape index (κ1) is 29.0. The number of benzene rings is 8. The van der Waals surface area contributed by atoms with Gasteiger partial charge in [-0.15, -0.1) is 0 Å². The quantitative estimate of drug-likeness (QED) is 0.186. The molecule has 10 rings (SSSR count). The summed E-state index contributed by atoms with van der Waals surface area (Å²) in [5.41, 5.74) is 8.53. The van der Waals surface area contributed by atoms with Gasteiger partial charge in [-0.2, -0.15) is 9.97 Å². The molecule has 2 heterocycles. The standard InChI is InChI=1S/C47H30N4/c1-3-12-31(13-4-1)33-22-24-34(25-23-33)45-48-46(40-21-11-20-35(26-40)32-14-5-2-6-15-32)50-47(49-45)51-43-29-38-18-9-7-16-36(38)27-41(43)42-28-37-17-8-10-19-39(37)30-44(42)51/h1-30H. The second-order valence-electron chi connectivity index (χ2n) is 12.9. The van der Waals surface area contributed by atoms with E-state index in [4.69, 9.17) is 15.0 Å². The van der Waals surface area contributed by atoms with Gasteiger partial charge in [-0.3, -0.25) is 4.57 Å². The van der Waals surface area contributed by atoms with E-state index in [1.54, 1.807) is 0 Å². The molecule has 0 saturated carbocycles. The Balaban J connectivity index is 1.24. The van der Waals surface area contributed by atoms with Crippen LogP contribution in [-0.4, -0.2) is 19.5 Å². The molecule has 0 spiro atoms.